The van der Waals surface area contributed by atoms with Crippen LogP contribution in [0.2, 0.25) is 0 Å². The average Bonchev–Trinajstić information content (AvgIpc) is 2.24. The summed E-state index contributed by atoms with van der Waals surface area (Å²) in [7, 11) is 0. The fourth-order valence-corrected chi connectivity index (χ4v) is 1.54. The molecule has 0 amide bonds. The molecule has 0 rings (SSSR count). The molecule has 92 valence electrons. The van der Waals surface area contributed by atoms with Crippen LogP contribution in [-0.2, 0) is 14.4 Å². The highest BCUT2D eigenvalue weighted by molar-refractivity contribution is 6.37. The van der Waals surface area contributed by atoms with E-state index < -0.39 is 0 Å². The number of Topliss-reactive ketones (excluding diaryl/α,β-unsaturated/α-hetero) is 3. The molecule has 0 radical (unpaired) electrons. The molecule has 0 saturated carbocycles. The normalized spacial score (nSPS) is 12.2. The van der Waals surface area contributed by atoms with Gasteiger partial charge in [-0.1, -0.05) is 26.7 Å². The number of unbranched alkanes of at least 4 members (excludes halogenated alkanes) is 1. The Balaban J connectivity index is 3.88. The Morgan fingerprint density at radius 1 is 1.06 bits per heavy atom. The molecule has 16 heavy (non-hydrogen) atoms. The van der Waals surface area contributed by atoms with Crippen LogP contribution in [0.3, 0.4) is 0 Å². The standard InChI is InChI=1S/C13H22O3/c1-4-5-7-10(2)13(16)12(15)9-6-8-11(3)14/h10H,4-9H2,1-3H3. The summed E-state index contributed by atoms with van der Waals surface area (Å²) in [5.41, 5.74) is 0. The van der Waals surface area contributed by atoms with Crippen LogP contribution in [0.25, 0.3) is 0 Å². The quantitative estimate of drug-likeness (QED) is 0.568. The molecule has 3 nitrogen and oxygen atoms in total. The van der Waals surface area contributed by atoms with Gasteiger partial charge < -0.3 is 4.79 Å². The summed E-state index contributed by atoms with van der Waals surface area (Å²) in [6.07, 6.45) is 3.91. The zero-order valence-electron chi connectivity index (χ0n) is 10.5. The lowest BCUT2D eigenvalue weighted by Crippen LogP contribution is -2.21. The highest BCUT2D eigenvalue weighted by atomic mass is 16.2. The second-order valence-corrected chi connectivity index (χ2v) is 4.39. The molecule has 1 unspecified atom stereocenters. The zero-order chi connectivity index (χ0) is 12.6. The van der Waals surface area contributed by atoms with Gasteiger partial charge in [0.25, 0.3) is 0 Å². The second-order valence-electron chi connectivity index (χ2n) is 4.39. The van der Waals surface area contributed by atoms with E-state index in [0.29, 0.717) is 12.8 Å². The molecule has 0 N–H and O–H groups in total. The molecule has 0 saturated heterocycles. The van der Waals surface area contributed by atoms with E-state index in [1.807, 2.05) is 0 Å². The third-order valence-corrected chi connectivity index (χ3v) is 2.65. The molecule has 0 aromatic rings. The number of carbonyl (C=O) groups is 3. The minimum Gasteiger partial charge on any atom is -0.300 e. The maximum Gasteiger partial charge on any atom is 0.201 e. The fourth-order valence-electron chi connectivity index (χ4n) is 1.54. The zero-order valence-corrected chi connectivity index (χ0v) is 10.5. The van der Waals surface area contributed by atoms with E-state index in [-0.39, 0.29) is 29.7 Å². The summed E-state index contributed by atoms with van der Waals surface area (Å²) in [4.78, 5) is 33.7. The van der Waals surface area contributed by atoms with Gasteiger partial charge in [0, 0.05) is 18.8 Å². The Bertz CT molecular complexity index is 256. The average molecular weight is 226 g/mol. The van der Waals surface area contributed by atoms with Crippen LogP contribution in [0.15, 0.2) is 0 Å². The molecule has 0 fully saturated rings. The van der Waals surface area contributed by atoms with Gasteiger partial charge in [0.1, 0.15) is 5.78 Å². The summed E-state index contributed by atoms with van der Waals surface area (Å²) in [6, 6.07) is 0. The molecule has 0 aromatic heterocycles. The first-order valence-corrected chi connectivity index (χ1v) is 6.05. The predicted octanol–water partition coefficient (Wildman–Crippen LogP) is 2.71. The van der Waals surface area contributed by atoms with Gasteiger partial charge in [0.15, 0.2) is 5.78 Å². The Hall–Kier alpha value is -0.990. The summed E-state index contributed by atoms with van der Waals surface area (Å²) in [6.45, 7) is 5.36. The van der Waals surface area contributed by atoms with E-state index in [9.17, 15) is 14.4 Å². The molecule has 0 bridgehead atoms. The van der Waals surface area contributed by atoms with E-state index in [4.69, 9.17) is 0 Å². The van der Waals surface area contributed by atoms with Crippen LogP contribution in [-0.4, -0.2) is 17.3 Å². The number of hydrogen-bond acceptors (Lipinski definition) is 3. The lowest BCUT2D eigenvalue weighted by Gasteiger charge is -2.08. The summed E-state index contributed by atoms with van der Waals surface area (Å²) in [5, 5.41) is 0. The van der Waals surface area contributed by atoms with Gasteiger partial charge >= 0.3 is 0 Å². The largest absolute Gasteiger partial charge is 0.300 e. The minimum atomic E-state index is -0.315. The molecular formula is C13H22O3. The van der Waals surface area contributed by atoms with Crippen LogP contribution in [0.1, 0.15) is 59.3 Å². The molecule has 0 aliphatic heterocycles. The molecule has 1 atom stereocenters. The first kappa shape index (κ1) is 15.0. The van der Waals surface area contributed by atoms with E-state index in [2.05, 4.69) is 6.92 Å². The van der Waals surface area contributed by atoms with Crippen LogP contribution in [0.5, 0.6) is 0 Å². The molecule has 0 aliphatic carbocycles. The van der Waals surface area contributed by atoms with Gasteiger partial charge in [0.05, 0.1) is 0 Å². The Morgan fingerprint density at radius 3 is 2.19 bits per heavy atom. The van der Waals surface area contributed by atoms with Gasteiger partial charge in [-0.25, -0.2) is 0 Å². The minimum absolute atomic E-state index is 0.0688. The van der Waals surface area contributed by atoms with Crippen molar-refractivity contribution in [3.05, 3.63) is 0 Å². The Morgan fingerprint density at radius 2 is 1.69 bits per heavy atom. The summed E-state index contributed by atoms with van der Waals surface area (Å²) >= 11 is 0. The molecule has 0 heterocycles. The van der Waals surface area contributed by atoms with Crippen molar-refractivity contribution in [2.45, 2.75) is 59.3 Å². The van der Waals surface area contributed by atoms with E-state index in [1.54, 1.807) is 6.92 Å². The van der Waals surface area contributed by atoms with E-state index >= 15 is 0 Å². The van der Waals surface area contributed by atoms with Crippen molar-refractivity contribution >= 4 is 17.3 Å². The Labute approximate surface area is 97.6 Å². The fraction of sp³-hybridized carbons (Fsp3) is 0.769. The van der Waals surface area contributed by atoms with Crippen molar-refractivity contribution in [2.75, 3.05) is 0 Å². The van der Waals surface area contributed by atoms with Gasteiger partial charge in [-0.2, -0.15) is 0 Å². The highest BCUT2D eigenvalue weighted by Crippen LogP contribution is 2.11. The highest BCUT2D eigenvalue weighted by Gasteiger charge is 2.19. The van der Waals surface area contributed by atoms with Crippen molar-refractivity contribution in [1.82, 2.24) is 0 Å². The number of rotatable bonds is 9. The van der Waals surface area contributed by atoms with Crippen LogP contribution < -0.4 is 0 Å². The monoisotopic (exact) mass is 226 g/mol. The lowest BCUT2D eigenvalue weighted by atomic mass is 9.95. The molecule has 0 aromatic carbocycles. The van der Waals surface area contributed by atoms with Crippen molar-refractivity contribution in [3.63, 3.8) is 0 Å². The van der Waals surface area contributed by atoms with E-state index in [0.717, 1.165) is 19.3 Å². The summed E-state index contributed by atoms with van der Waals surface area (Å²) < 4.78 is 0. The third-order valence-electron chi connectivity index (χ3n) is 2.65. The molecular weight excluding hydrogens is 204 g/mol. The first-order chi connectivity index (χ1) is 7.49. The SMILES string of the molecule is CCCCC(C)C(=O)C(=O)CCCC(C)=O. The third kappa shape index (κ3) is 6.49. The van der Waals surface area contributed by atoms with Crippen LogP contribution in [0.4, 0.5) is 0 Å². The Kier molecular flexibility index (Phi) is 7.69. The maximum atomic E-state index is 11.6. The second kappa shape index (κ2) is 8.20. The predicted molar refractivity (Wildman–Crippen MR) is 63.2 cm³/mol. The number of ketones is 3. The number of carbonyl (C=O) groups excluding carboxylic acids is 3. The lowest BCUT2D eigenvalue weighted by molar-refractivity contribution is -0.139. The van der Waals surface area contributed by atoms with Crippen molar-refractivity contribution in [3.8, 4) is 0 Å². The van der Waals surface area contributed by atoms with Crippen molar-refractivity contribution in [2.24, 2.45) is 5.92 Å². The van der Waals surface area contributed by atoms with Gasteiger partial charge in [0.2, 0.25) is 5.78 Å². The van der Waals surface area contributed by atoms with Crippen molar-refractivity contribution in [1.29, 1.82) is 0 Å². The molecule has 3 heteroatoms. The van der Waals surface area contributed by atoms with Crippen LogP contribution >= 0.6 is 0 Å². The van der Waals surface area contributed by atoms with Gasteiger partial charge in [-0.05, 0) is 19.8 Å². The van der Waals surface area contributed by atoms with Crippen molar-refractivity contribution < 1.29 is 14.4 Å². The topological polar surface area (TPSA) is 51.2 Å². The maximum absolute atomic E-state index is 11.6. The first-order valence-electron chi connectivity index (χ1n) is 6.05. The van der Waals surface area contributed by atoms with Gasteiger partial charge in [-0.3, -0.25) is 9.59 Å². The van der Waals surface area contributed by atoms with Gasteiger partial charge in [-0.15, -0.1) is 0 Å². The van der Waals surface area contributed by atoms with Crippen LogP contribution in [0, 0.1) is 5.92 Å². The van der Waals surface area contributed by atoms with E-state index in [1.165, 1.54) is 6.92 Å². The smallest absolute Gasteiger partial charge is 0.201 e. The number of hydrogen-bond donors (Lipinski definition) is 0. The summed E-state index contributed by atoms with van der Waals surface area (Å²) in [5.74, 6) is -0.675. The molecule has 0 spiro atoms. The molecule has 0 aliphatic rings.